The maximum atomic E-state index is 9.10. The first-order chi connectivity index (χ1) is 2.64. The van der Waals surface area contributed by atoms with E-state index in [9.17, 15) is 0 Å². The zero-order valence-corrected chi connectivity index (χ0v) is 14.4. The number of aliphatic carboxylic acids is 2. The van der Waals surface area contributed by atoms with Crippen LogP contribution in [0.4, 0.5) is 0 Å². The van der Waals surface area contributed by atoms with Crippen molar-refractivity contribution < 1.29 is 41.5 Å². The van der Waals surface area contributed by atoms with Gasteiger partial charge >= 0.3 is 35.8 Å². The molecule has 0 fully saturated rings. The number of rotatable bonds is 0. The van der Waals surface area contributed by atoms with Crippen LogP contribution in [0, 0.1) is 0 Å². The van der Waals surface area contributed by atoms with E-state index in [-0.39, 0.29) is 95.3 Å². The maximum absolute atomic E-state index is 9.10. The van der Waals surface area contributed by atoms with Crippen LogP contribution in [0.5, 0.6) is 0 Å². The second-order valence-corrected chi connectivity index (χ2v) is 0.610. The van der Waals surface area contributed by atoms with Crippen LogP contribution < -0.4 is 0 Å². The number of hydrogen-bond acceptors (Lipinski definition) is 2. The Balaban J connectivity index is -0.00000000833. The Kier molecular flexibility index (Phi) is 121. The zero-order valence-electron chi connectivity index (χ0n) is 5.55. The first-order valence-electron chi connectivity index (χ1n) is 1.11. The quantitative estimate of drug-likeness (QED) is 0.438. The largest absolute Gasteiger partial charge is 0 e. The van der Waals surface area contributed by atoms with Gasteiger partial charge in [0.05, 0.1) is 0 Å². The van der Waals surface area contributed by atoms with Crippen molar-refractivity contribution >= 4 is 85.5 Å². The van der Waals surface area contributed by atoms with Crippen LogP contribution >= 0.6 is 49.6 Å². The molecule has 0 aromatic heterocycles. The zero-order chi connectivity index (χ0) is 5.15. The van der Waals surface area contributed by atoms with Gasteiger partial charge in [-0.15, -0.1) is 49.6 Å². The van der Waals surface area contributed by atoms with Crippen LogP contribution in [0.15, 0.2) is 0 Å². The van der Waals surface area contributed by atoms with Gasteiger partial charge < -0.3 is 10.2 Å². The molecule has 0 aliphatic heterocycles. The number of carboxylic acid groups (broad SMARTS) is 2. The summed E-state index contributed by atoms with van der Waals surface area (Å²) in [5.41, 5.74) is 0. The van der Waals surface area contributed by atoms with E-state index < -0.39 is 11.9 Å². The van der Waals surface area contributed by atoms with Crippen molar-refractivity contribution in [1.82, 2.24) is 0 Å². The summed E-state index contributed by atoms with van der Waals surface area (Å²) in [7, 11) is 0. The molecule has 76 valence electrons. The molecule has 0 aliphatic carbocycles. The van der Waals surface area contributed by atoms with Crippen LogP contribution in [0.25, 0.3) is 0 Å². The molecule has 0 saturated heterocycles. The Morgan fingerprint density at radius 2 is 0.833 bits per heavy atom. The van der Waals surface area contributed by atoms with Crippen molar-refractivity contribution in [3.8, 4) is 0 Å². The molecular formula is C2H8Cl4O4SnTi. The van der Waals surface area contributed by atoms with Crippen molar-refractivity contribution in [2.75, 3.05) is 0 Å². The smallest absolute Gasteiger partial charge is 0 e. The third-order valence-corrected chi connectivity index (χ3v) is 0.183. The molecule has 0 amide bonds. The van der Waals surface area contributed by atoms with Gasteiger partial charge in [-0.25, -0.2) is 9.59 Å². The standard InChI is InChI=1S/C2H2O4.4ClH.Sn.Ti.2H/c3-1(4)2(5)6;;;;;;;;/h(H,3,4)(H,5,6);4*1H;;;;. The molecule has 2 N–H and O–H groups in total. The molecule has 4 nitrogen and oxygen atoms in total. The number of carbonyl (C=O) groups is 2. The van der Waals surface area contributed by atoms with Crippen molar-refractivity contribution in [1.29, 1.82) is 0 Å². The van der Waals surface area contributed by atoms with Gasteiger partial charge in [-0.05, 0) is 0 Å². The van der Waals surface area contributed by atoms with E-state index in [0.717, 1.165) is 0 Å². The van der Waals surface area contributed by atoms with Gasteiger partial charge in [0.25, 0.3) is 0 Å². The first-order valence-corrected chi connectivity index (χ1v) is 1.11. The van der Waals surface area contributed by atoms with Gasteiger partial charge in [0.2, 0.25) is 0 Å². The molecule has 0 rings (SSSR count). The topological polar surface area (TPSA) is 74.6 Å². The van der Waals surface area contributed by atoms with E-state index in [2.05, 4.69) is 0 Å². The molecule has 0 unspecified atom stereocenters. The fourth-order valence-corrected chi connectivity index (χ4v) is 0. The summed E-state index contributed by atoms with van der Waals surface area (Å²) >= 11 is 0. The van der Waals surface area contributed by atoms with Crippen LogP contribution in [0.3, 0.4) is 0 Å². The van der Waals surface area contributed by atoms with Crippen molar-refractivity contribution in [3.63, 3.8) is 0 Å². The Labute approximate surface area is 126 Å². The number of hydrogen-bond donors (Lipinski definition) is 2. The summed E-state index contributed by atoms with van der Waals surface area (Å²) in [4.78, 5) is 18.2. The summed E-state index contributed by atoms with van der Waals surface area (Å²) < 4.78 is 0. The SMILES string of the molecule is Cl.Cl.Cl.Cl.O=C(O)C(=O)O.[SnH2].[Ti]. The second-order valence-electron chi connectivity index (χ2n) is 0.610. The molecule has 0 aliphatic rings. The van der Waals surface area contributed by atoms with Crippen LogP contribution in [0.1, 0.15) is 0 Å². The summed E-state index contributed by atoms with van der Waals surface area (Å²) in [6.07, 6.45) is 0. The Morgan fingerprint density at radius 1 is 0.750 bits per heavy atom. The summed E-state index contributed by atoms with van der Waals surface area (Å²) in [6.45, 7) is 0. The van der Waals surface area contributed by atoms with Crippen LogP contribution in [0.2, 0.25) is 0 Å². The average Bonchev–Trinajstić information content (AvgIpc) is 1.36. The fourth-order valence-electron chi connectivity index (χ4n) is 0. The molecule has 0 heterocycles. The maximum Gasteiger partial charge on any atom is 0 e. The minimum atomic E-state index is -1.82. The Hall–Kier alpha value is 1.61. The molecular weight excluding hydrogens is 396 g/mol. The second kappa shape index (κ2) is 29.3. The van der Waals surface area contributed by atoms with Crippen molar-refractivity contribution in [3.05, 3.63) is 0 Å². The van der Waals surface area contributed by atoms with Gasteiger partial charge in [0.15, 0.2) is 0 Å². The van der Waals surface area contributed by atoms with Crippen molar-refractivity contribution in [2.45, 2.75) is 0 Å². The first kappa shape index (κ1) is 49.5. The molecule has 0 bridgehead atoms. The molecule has 10 heteroatoms. The van der Waals surface area contributed by atoms with E-state index in [1.54, 1.807) is 0 Å². The summed E-state index contributed by atoms with van der Waals surface area (Å²) in [5.74, 6) is -3.65. The molecule has 0 aromatic rings. The normalized spacial score (nSPS) is 3.67. The minimum Gasteiger partial charge on any atom is 0 e. The van der Waals surface area contributed by atoms with Crippen LogP contribution in [-0.2, 0) is 31.3 Å². The van der Waals surface area contributed by atoms with E-state index in [1.165, 1.54) is 0 Å². The monoisotopic (exact) mass is 404 g/mol. The Bertz CT molecular complexity index is 91.1. The minimum absolute atomic E-state index is 0. The number of carboxylic acids is 2. The average molecular weight is 404 g/mol. The predicted octanol–water partition coefficient (Wildman–Crippen LogP) is -0.0759. The van der Waals surface area contributed by atoms with E-state index >= 15 is 0 Å². The fraction of sp³-hybridized carbons (Fsp3) is 0. The van der Waals surface area contributed by atoms with Crippen molar-refractivity contribution in [2.24, 2.45) is 0 Å². The third-order valence-electron chi connectivity index (χ3n) is 0.183. The summed E-state index contributed by atoms with van der Waals surface area (Å²) in [5, 5.41) is 14.8. The molecule has 12 heavy (non-hydrogen) atoms. The summed E-state index contributed by atoms with van der Waals surface area (Å²) in [6, 6.07) is 0. The molecule has 0 saturated carbocycles. The molecule has 0 spiro atoms. The molecule has 2 radical (unpaired) electrons. The van der Waals surface area contributed by atoms with Gasteiger partial charge in [0, 0.05) is 21.7 Å². The van der Waals surface area contributed by atoms with E-state index in [0.29, 0.717) is 0 Å². The molecule has 0 atom stereocenters. The van der Waals surface area contributed by atoms with Gasteiger partial charge in [0.1, 0.15) is 0 Å². The van der Waals surface area contributed by atoms with Crippen LogP contribution in [-0.4, -0.2) is 46.1 Å². The Morgan fingerprint density at radius 3 is 0.833 bits per heavy atom. The van der Waals surface area contributed by atoms with E-state index in [1.807, 2.05) is 0 Å². The predicted molar refractivity (Wildman–Crippen MR) is 52.8 cm³/mol. The number of halogens is 4. The van der Waals surface area contributed by atoms with Gasteiger partial charge in [-0.3, -0.25) is 0 Å². The molecule has 0 aromatic carbocycles. The van der Waals surface area contributed by atoms with Gasteiger partial charge in [-0.1, -0.05) is 0 Å². The van der Waals surface area contributed by atoms with Gasteiger partial charge in [-0.2, -0.15) is 0 Å². The third kappa shape index (κ3) is 41.5. The van der Waals surface area contributed by atoms with E-state index in [4.69, 9.17) is 19.8 Å².